The minimum absolute atomic E-state index is 0.283. The zero-order valence-electron chi connectivity index (χ0n) is 7.30. The summed E-state index contributed by atoms with van der Waals surface area (Å²) in [4.78, 5) is 18.2. The minimum Gasteiger partial charge on any atom is -0.404 e. The Morgan fingerprint density at radius 2 is 1.85 bits per heavy atom. The first kappa shape index (κ1) is 10.8. The lowest BCUT2D eigenvalue weighted by atomic mass is 10.4. The van der Waals surface area contributed by atoms with E-state index in [-0.39, 0.29) is 10.5 Å². The van der Waals surface area contributed by atoms with Gasteiger partial charge in [0, 0.05) is 0 Å². The molecular weight excluding hydrogens is 220 g/mol. The Balaban J connectivity index is 2.44. The average Bonchev–Trinajstić information content (AvgIpc) is 2.17. The highest BCUT2D eigenvalue weighted by molar-refractivity contribution is 6.64. The van der Waals surface area contributed by atoms with E-state index in [2.05, 4.69) is 4.12 Å². The van der Waals surface area contributed by atoms with Gasteiger partial charge in [0.2, 0.25) is 0 Å². The van der Waals surface area contributed by atoms with Gasteiger partial charge in [-0.2, -0.15) is 0 Å². The van der Waals surface area contributed by atoms with E-state index in [1.54, 1.807) is 0 Å². The molecule has 0 fully saturated rings. The fourth-order valence-corrected chi connectivity index (χ4v) is 4.23. The fraction of sp³-hybridized carbons (Fsp3) is 0. The van der Waals surface area contributed by atoms with Gasteiger partial charge in [-0.15, -0.1) is 0 Å². The van der Waals surface area contributed by atoms with Crippen LogP contribution in [-0.2, 0) is 8.23 Å². The summed E-state index contributed by atoms with van der Waals surface area (Å²) in [5.74, 6) is 0. The van der Waals surface area contributed by atoms with Crippen molar-refractivity contribution in [3.8, 4) is 0 Å². The van der Waals surface area contributed by atoms with Crippen molar-refractivity contribution >= 4 is 34.5 Å². The molecule has 0 amide bonds. The molecule has 0 aromatic heterocycles. The Morgan fingerprint density at radius 1 is 1.23 bits per heavy atom. The molecule has 0 unspecified atom stereocenters. The summed E-state index contributed by atoms with van der Waals surface area (Å²) < 4.78 is 9.53. The third-order valence-electron chi connectivity index (χ3n) is 1.54. The summed E-state index contributed by atoms with van der Waals surface area (Å²) in [6.07, 6.45) is 0. The van der Waals surface area contributed by atoms with Crippen LogP contribution in [0.1, 0.15) is 0 Å². The van der Waals surface area contributed by atoms with Gasteiger partial charge in [0.15, 0.2) is 9.76 Å². The molecule has 0 aliphatic heterocycles. The number of hydrogen-bond acceptors (Lipinski definition) is 4. The third-order valence-corrected chi connectivity index (χ3v) is 6.55. The van der Waals surface area contributed by atoms with Crippen LogP contribution in [0.15, 0.2) is 30.3 Å². The molecule has 13 heavy (non-hydrogen) atoms. The quantitative estimate of drug-likeness (QED) is 0.548. The van der Waals surface area contributed by atoms with Gasteiger partial charge in [0.1, 0.15) is 10.5 Å². The normalized spacial score (nSPS) is 12.8. The van der Waals surface area contributed by atoms with Crippen LogP contribution in [0.5, 0.6) is 0 Å². The topological polar surface area (TPSA) is 58.9 Å². The molecular formula is C6H12O4Si3. The van der Waals surface area contributed by atoms with Crippen molar-refractivity contribution in [2.75, 3.05) is 0 Å². The van der Waals surface area contributed by atoms with Gasteiger partial charge >= 0.3 is 9.05 Å². The van der Waals surface area contributed by atoms with Crippen LogP contribution in [0, 0.1) is 0 Å². The van der Waals surface area contributed by atoms with E-state index in [4.69, 9.17) is 13.7 Å². The molecule has 0 heterocycles. The van der Waals surface area contributed by atoms with E-state index < -0.39 is 18.8 Å². The highest BCUT2D eigenvalue weighted by Gasteiger charge is 2.32. The van der Waals surface area contributed by atoms with E-state index in [9.17, 15) is 0 Å². The Bertz CT molecular complexity index is 253. The average molecular weight is 232 g/mol. The van der Waals surface area contributed by atoms with Crippen molar-refractivity contribution in [3.63, 3.8) is 0 Å². The van der Waals surface area contributed by atoms with E-state index in [1.807, 2.05) is 30.3 Å². The molecule has 7 heteroatoms. The molecule has 0 aliphatic carbocycles. The predicted molar refractivity (Wildman–Crippen MR) is 56.9 cm³/mol. The smallest absolute Gasteiger partial charge is 0.404 e. The van der Waals surface area contributed by atoms with Gasteiger partial charge in [0.25, 0.3) is 0 Å². The zero-order chi connectivity index (χ0) is 9.73. The first-order chi connectivity index (χ1) is 6.14. The van der Waals surface area contributed by atoms with Gasteiger partial charge < -0.3 is 17.8 Å². The fourth-order valence-electron chi connectivity index (χ4n) is 0.811. The molecule has 0 saturated carbocycles. The summed E-state index contributed by atoms with van der Waals surface area (Å²) in [5, 5.41) is 1.03. The lowest BCUT2D eigenvalue weighted by molar-refractivity contribution is 0.150. The van der Waals surface area contributed by atoms with Crippen molar-refractivity contribution < 1.29 is 17.8 Å². The van der Waals surface area contributed by atoms with Crippen LogP contribution in [0.25, 0.3) is 0 Å². The van der Waals surface area contributed by atoms with Crippen LogP contribution < -0.4 is 5.19 Å². The second kappa shape index (κ2) is 4.81. The maximum absolute atomic E-state index is 9.10. The van der Waals surface area contributed by atoms with Gasteiger partial charge in [-0.3, -0.25) is 0 Å². The number of benzene rings is 1. The first-order valence-corrected chi connectivity index (χ1v) is 7.63. The summed E-state index contributed by atoms with van der Waals surface area (Å²) >= 11 is 0. The molecule has 0 spiro atoms. The lowest BCUT2D eigenvalue weighted by Gasteiger charge is -2.14. The molecule has 0 bridgehead atoms. The molecule has 1 rings (SSSR count). The number of rotatable bonds is 4. The van der Waals surface area contributed by atoms with Crippen molar-refractivity contribution in [2.24, 2.45) is 0 Å². The molecule has 0 aliphatic rings. The Kier molecular flexibility index (Phi) is 3.99. The van der Waals surface area contributed by atoms with Crippen LogP contribution in [0.3, 0.4) is 0 Å². The van der Waals surface area contributed by atoms with Crippen LogP contribution in [0.2, 0.25) is 0 Å². The monoisotopic (exact) mass is 232 g/mol. The van der Waals surface area contributed by atoms with Crippen LogP contribution in [-0.4, -0.2) is 38.9 Å². The third kappa shape index (κ3) is 3.95. The first-order valence-electron chi connectivity index (χ1n) is 3.82. The Morgan fingerprint density at radius 3 is 2.38 bits per heavy atom. The Labute approximate surface area is 83.1 Å². The standard InChI is InChI=1S/C6H12O4Si3/c7-13(8,9-11)10-12-6-4-2-1-3-5-6/h1-5,7-8H,12H2,11H3. The summed E-state index contributed by atoms with van der Waals surface area (Å²) in [6.45, 7) is 0. The molecule has 72 valence electrons. The van der Waals surface area contributed by atoms with Gasteiger partial charge in [-0.05, 0) is 5.19 Å². The minimum atomic E-state index is -3.74. The largest absolute Gasteiger partial charge is 0.652 e. The van der Waals surface area contributed by atoms with E-state index in [0.717, 1.165) is 5.19 Å². The SMILES string of the molecule is O[Si](O)(O[SiH3])O[SiH2]c1ccccc1. The Hall–Kier alpha value is -0.289. The molecule has 0 saturated heterocycles. The van der Waals surface area contributed by atoms with E-state index in [1.165, 1.54) is 0 Å². The highest BCUT2D eigenvalue weighted by atomic mass is 28.5. The van der Waals surface area contributed by atoms with E-state index in [0.29, 0.717) is 0 Å². The summed E-state index contributed by atoms with van der Waals surface area (Å²) in [6, 6.07) is 9.51. The molecule has 1 aromatic carbocycles. The molecule has 2 N–H and O–H groups in total. The van der Waals surface area contributed by atoms with Gasteiger partial charge in [-0.25, -0.2) is 0 Å². The maximum Gasteiger partial charge on any atom is 0.652 e. The maximum atomic E-state index is 9.10. The molecule has 0 atom stereocenters. The predicted octanol–water partition coefficient (Wildman–Crippen LogP) is -2.87. The molecule has 0 radical (unpaired) electrons. The number of hydrogen-bond donors (Lipinski definition) is 2. The van der Waals surface area contributed by atoms with Crippen molar-refractivity contribution in [2.45, 2.75) is 0 Å². The van der Waals surface area contributed by atoms with Crippen LogP contribution in [0.4, 0.5) is 0 Å². The highest BCUT2D eigenvalue weighted by Crippen LogP contribution is 1.93. The van der Waals surface area contributed by atoms with Crippen molar-refractivity contribution in [1.82, 2.24) is 0 Å². The second-order valence-electron chi connectivity index (χ2n) is 2.53. The molecule has 4 nitrogen and oxygen atoms in total. The van der Waals surface area contributed by atoms with Crippen molar-refractivity contribution in [1.29, 1.82) is 0 Å². The lowest BCUT2D eigenvalue weighted by Crippen LogP contribution is -2.45. The molecule has 1 aromatic rings. The van der Waals surface area contributed by atoms with Crippen LogP contribution >= 0.6 is 0 Å². The van der Waals surface area contributed by atoms with Gasteiger partial charge in [0.05, 0.1) is 0 Å². The zero-order valence-corrected chi connectivity index (χ0v) is 11.7. The van der Waals surface area contributed by atoms with Gasteiger partial charge in [-0.1, -0.05) is 30.3 Å². The summed E-state index contributed by atoms with van der Waals surface area (Å²) in [5.41, 5.74) is 0. The van der Waals surface area contributed by atoms with Crippen molar-refractivity contribution in [3.05, 3.63) is 30.3 Å². The summed E-state index contributed by atoms with van der Waals surface area (Å²) in [7, 11) is -4.52. The second-order valence-corrected chi connectivity index (χ2v) is 7.52. The van der Waals surface area contributed by atoms with E-state index >= 15 is 0 Å².